The standard InChI is InChI=1S/C13H13BrN2O2S/c14-11-4-2-5-12(8-11)16-19(17,18)13-6-1-3-10(7-13)9-15/h1-8,16H,9,15H2. The van der Waals surface area contributed by atoms with Crippen LogP contribution in [0.2, 0.25) is 0 Å². The van der Waals surface area contributed by atoms with Crippen LogP contribution in [0.3, 0.4) is 0 Å². The van der Waals surface area contributed by atoms with Crippen molar-refractivity contribution in [3.63, 3.8) is 0 Å². The van der Waals surface area contributed by atoms with Crippen LogP contribution in [0.1, 0.15) is 5.56 Å². The Balaban J connectivity index is 2.32. The fraction of sp³-hybridized carbons (Fsp3) is 0.0769. The first kappa shape index (κ1) is 14.0. The van der Waals surface area contributed by atoms with Crippen LogP contribution in [0, 0.1) is 0 Å². The summed E-state index contributed by atoms with van der Waals surface area (Å²) in [5.41, 5.74) is 6.80. The molecule has 0 amide bonds. The number of halogens is 1. The van der Waals surface area contributed by atoms with Crippen LogP contribution in [0.15, 0.2) is 57.9 Å². The molecule has 0 saturated carbocycles. The van der Waals surface area contributed by atoms with Gasteiger partial charge in [-0.1, -0.05) is 34.1 Å². The van der Waals surface area contributed by atoms with Crippen molar-refractivity contribution in [1.29, 1.82) is 0 Å². The van der Waals surface area contributed by atoms with Gasteiger partial charge in [-0.05, 0) is 35.9 Å². The minimum Gasteiger partial charge on any atom is -0.326 e. The van der Waals surface area contributed by atoms with E-state index in [2.05, 4.69) is 20.7 Å². The number of hydrogen-bond acceptors (Lipinski definition) is 3. The van der Waals surface area contributed by atoms with Gasteiger partial charge in [0.25, 0.3) is 10.0 Å². The van der Waals surface area contributed by atoms with Crippen LogP contribution in [0.25, 0.3) is 0 Å². The highest BCUT2D eigenvalue weighted by molar-refractivity contribution is 9.10. The second-order valence-electron chi connectivity index (χ2n) is 3.97. The zero-order chi connectivity index (χ0) is 13.9. The molecule has 19 heavy (non-hydrogen) atoms. The van der Waals surface area contributed by atoms with Gasteiger partial charge in [0.15, 0.2) is 0 Å². The first-order chi connectivity index (χ1) is 9.01. The number of hydrogen-bond donors (Lipinski definition) is 2. The maximum absolute atomic E-state index is 12.2. The Morgan fingerprint density at radius 1 is 1.11 bits per heavy atom. The van der Waals surface area contributed by atoms with E-state index >= 15 is 0 Å². The molecule has 0 unspecified atom stereocenters. The summed E-state index contributed by atoms with van der Waals surface area (Å²) in [7, 11) is -3.59. The van der Waals surface area contributed by atoms with Crippen molar-refractivity contribution in [2.24, 2.45) is 5.73 Å². The molecule has 2 aromatic carbocycles. The number of sulfonamides is 1. The van der Waals surface area contributed by atoms with E-state index in [9.17, 15) is 8.42 Å². The van der Waals surface area contributed by atoms with E-state index in [0.29, 0.717) is 12.2 Å². The Morgan fingerprint density at radius 2 is 1.84 bits per heavy atom. The molecule has 0 aliphatic heterocycles. The average Bonchev–Trinajstić information content (AvgIpc) is 2.38. The van der Waals surface area contributed by atoms with Crippen LogP contribution in [-0.2, 0) is 16.6 Å². The van der Waals surface area contributed by atoms with Crippen molar-refractivity contribution in [3.8, 4) is 0 Å². The van der Waals surface area contributed by atoms with Crippen molar-refractivity contribution in [3.05, 3.63) is 58.6 Å². The summed E-state index contributed by atoms with van der Waals surface area (Å²) in [5, 5.41) is 0. The van der Waals surface area contributed by atoms with E-state index < -0.39 is 10.0 Å². The van der Waals surface area contributed by atoms with Gasteiger partial charge in [0.05, 0.1) is 4.90 Å². The molecule has 0 radical (unpaired) electrons. The first-order valence-corrected chi connectivity index (χ1v) is 7.86. The molecular weight excluding hydrogens is 328 g/mol. The van der Waals surface area contributed by atoms with Crippen molar-refractivity contribution in [2.75, 3.05) is 4.72 Å². The van der Waals surface area contributed by atoms with E-state index in [0.717, 1.165) is 10.0 Å². The average molecular weight is 341 g/mol. The van der Waals surface area contributed by atoms with Gasteiger partial charge in [-0.15, -0.1) is 0 Å². The molecule has 100 valence electrons. The highest BCUT2D eigenvalue weighted by Crippen LogP contribution is 2.20. The molecule has 4 nitrogen and oxygen atoms in total. The number of anilines is 1. The van der Waals surface area contributed by atoms with E-state index in [1.54, 1.807) is 42.5 Å². The molecule has 0 aliphatic carbocycles. The maximum atomic E-state index is 12.2. The summed E-state index contributed by atoms with van der Waals surface area (Å²) in [4.78, 5) is 0.204. The third-order valence-corrected chi connectivity index (χ3v) is 4.39. The van der Waals surface area contributed by atoms with Gasteiger partial charge in [-0.2, -0.15) is 0 Å². The quantitative estimate of drug-likeness (QED) is 0.898. The highest BCUT2D eigenvalue weighted by Gasteiger charge is 2.14. The zero-order valence-electron chi connectivity index (χ0n) is 10.0. The molecular formula is C13H13BrN2O2S. The van der Waals surface area contributed by atoms with Crippen LogP contribution in [0.4, 0.5) is 5.69 Å². The molecule has 0 aliphatic rings. The summed E-state index contributed by atoms with van der Waals surface area (Å²) >= 11 is 3.30. The molecule has 2 rings (SSSR count). The van der Waals surface area contributed by atoms with Crippen molar-refractivity contribution >= 4 is 31.6 Å². The van der Waals surface area contributed by atoms with Gasteiger partial charge in [-0.3, -0.25) is 4.72 Å². The molecule has 0 fully saturated rings. The van der Waals surface area contributed by atoms with Gasteiger partial charge in [0.1, 0.15) is 0 Å². The minimum absolute atomic E-state index is 0.204. The highest BCUT2D eigenvalue weighted by atomic mass is 79.9. The molecule has 2 aromatic rings. The zero-order valence-corrected chi connectivity index (χ0v) is 12.4. The number of nitrogens with two attached hydrogens (primary N) is 1. The number of nitrogens with one attached hydrogen (secondary N) is 1. The van der Waals surface area contributed by atoms with Crippen molar-refractivity contribution < 1.29 is 8.42 Å². The van der Waals surface area contributed by atoms with Gasteiger partial charge >= 0.3 is 0 Å². The van der Waals surface area contributed by atoms with E-state index in [1.165, 1.54) is 0 Å². The second kappa shape index (κ2) is 5.73. The molecule has 6 heteroatoms. The smallest absolute Gasteiger partial charge is 0.261 e. The van der Waals surface area contributed by atoms with Gasteiger partial charge in [0.2, 0.25) is 0 Å². The fourth-order valence-corrected chi connectivity index (χ4v) is 3.12. The number of rotatable bonds is 4. The van der Waals surface area contributed by atoms with Gasteiger partial charge in [-0.25, -0.2) is 8.42 Å². The molecule has 0 atom stereocenters. The Kier molecular flexibility index (Phi) is 4.24. The lowest BCUT2D eigenvalue weighted by atomic mass is 10.2. The lowest BCUT2D eigenvalue weighted by molar-refractivity contribution is 0.601. The van der Waals surface area contributed by atoms with Gasteiger partial charge < -0.3 is 5.73 Å². The minimum atomic E-state index is -3.59. The molecule has 0 aromatic heterocycles. The summed E-state index contributed by atoms with van der Waals surface area (Å²) in [6, 6.07) is 13.6. The Bertz CT molecular complexity index is 687. The van der Waals surface area contributed by atoms with Crippen LogP contribution in [-0.4, -0.2) is 8.42 Å². The van der Waals surface area contributed by atoms with Crippen LogP contribution >= 0.6 is 15.9 Å². The Labute approximate surface area is 120 Å². The third-order valence-electron chi connectivity index (χ3n) is 2.52. The predicted octanol–water partition coefficient (Wildman–Crippen LogP) is 2.71. The summed E-state index contributed by atoms with van der Waals surface area (Å²) in [6.07, 6.45) is 0. The summed E-state index contributed by atoms with van der Waals surface area (Å²) < 4.78 is 27.8. The SMILES string of the molecule is NCc1cccc(S(=O)(=O)Nc2cccc(Br)c2)c1. The topological polar surface area (TPSA) is 72.2 Å². The molecule has 0 spiro atoms. The Hall–Kier alpha value is -1.37. The van der Waals surface area contributed by atoms with Crippen LogP contribution in [0.5, 0.6) is 0 Å². The maximum Gasteiger partial charge on any atom is 0.261 e. The third kappa shape index (κ3) is 3.56. The van der Waals surface area contributed by atoms with Crippen molar-refractivity contribution in [2.45, 2.75) is 11.4 Å². The van der Waals surface area contributed by atoms with Crippen molar-refractivity contribution in [1.82, 2.24) is 0 Å². The molecule has 0 bridgehead atoms. The predicted molar refractivity (Wildman–Crippen MR) is 79.3 cm³/mol. The lowest BCUT2D eigenvalue weighted by Crippen LogP contribution is -2.13. The van der Waals surface area contributed by atoms with E-state index in [1.807, 2.05) is 6.07 Å². The van der Waals surface area contributed by atoms with E-state index in [-0.39, 0.29) is 4.90 Å². The Morgan fingerprint density at radius 3 is 2.53 bits per heavy atom. The van der Waals surface area contributed by atoms with Gasteiger partial charge in [0, 0.05) is 16.7 Å². The summed E-state index contributed by atoms with van der Waals surface area (Å²) in [5.74, 6) is 0. The second-order valence-corrected chi connectivity index (χ2v) is 6.57. The van der Waals surface area contributed by atoms with Crippen LogP contribution < -0.4 is 10.5 Å². The fourth-order valence-electron chi connectivity index (χ4n) is 1.61. The lowest BCUT2D eigenvalue weighted by Gasteiger charge is -2.09. The largest absolute Gasteiger partial charge is 0.326 e. The monoisotopic (exact) mass is 340 g/mol. The molecule has 0 heterocycles. The first-order valence-electron chi connectivity index (χ1n) is 5.59. The number of benzene rings is 2. The molecule has 3 N–H and O–H groups in total. The molecule has 0 saturated heterocycles. The normalized spacial score (nSPS) is 11.3. The summed E-state index contributed by atoms with van der Waals surface area (Å²) in [6.45, 7) is 0.306. The van der Waals surface area contributed by atoms with E-state index in [4.69, 9.17) is 5.73 Å².